The Morgan fingerprint density at radius 1 is 0.176 bits per heavy atom. The first-order valence-electron chi connectivity index (χ1n) is 39.7. The summed E-state index contributed by atoms with van der Waals surface area (Å²) in [4.78, 5) is 0. The Bertz CT molecular complexity index is 1600. The van der Waals surface area contributed by atoms with E-state index in [-0.39, 0.29) is 0 Å². The summed E-state index contributed by atoms with van der Waals surface area (Å²) in [6.45, 7) is 36.4. The van der Waals surface area contributed by atoms with E-state index in [1.54, 1.807) is 54.4 Å². The minimum Gasteiger partial charge on any atom is -0.168 e. The molecule has 0 radical (unpaired) electrons. The molecule has 1 aromatic carbocycles. The van der Waals surface area contributed by atoms with E-state index in [9.17, 15) is 0 Å². The van der Waals surface area contributed by atoms with E-state index in [1.165, 1.54) is 286 Å². The van der Waals surface area contributed by atoms with Crippen LogP contribution >= 0.6 is 66.5 Å². The maximum absolute atomic E-state index is 6.74. The summed E-state index contributed by atoms with van der Waals surface area (Å²) in [7, 11) is -14.3. The minimum absolute atomic E-state index is 1.28. The van der Waals surface area contributed by atoms with Gasteiger partial charge in [0.15, 0.2) is 0 Å². The van der Waals surface area contributed by atoms with E-state index in [4.69, 9.17) is 66.5 Å². The fourth-order valence-corrected chi connectivity index (χ4v) is 42.0. The van der Waals surface area contributed by atoms with Crippen LogP contribution < -0.4 is 5.19 Å². The standard InChI is InChI=1S/C75H158Cl6Si10/c1-82(2,76)57-37-16-22-43-63-88(13,64-44-23-17-38-58-83(3,4)77)69-49-28-31-52-72-91(75-55-35-34-36-56-75,73-53-32-29-50-70-89(14,65-45-24-18-39-59-84(5,6)78)66-46-25-19-40-60-85(7,8)79)74-54-33-30-51-71-90(15,67-47-26-20-41-61-86(9,10)80)68-48-27-21-42-62-87(11,12)81/h34-36,55-56H,16-33,37-54,57-74H2,1-15H3. The summed E-state index contributed by atoms with van der Waals surface area (Å²) in [6.07, 6.45) is 51.2. The second-order valence-corrected chi connectivity index (χ2v) is 97.7. The van der Waals surface area contributed by atoms with Crippen LogP contribution in [0, 0.1) is 0 Å². The lowest BCUT2D eigenvalue weighted by Crippen LogP contribution is -2.47. The van der Waals surface area contributed by atoms with Crippen molar-refractivity contribution in [1.82, 2.24) is 0 Å². The zero-order chi connectivity index (χ0) is 68.3. The smallest absolute Gasteiger partial charge is 0.150 e. The van der Waals surface area contributed by atoms with E-state index >= 15 is 0 Å². The molecular formula is C75H158Cl6Si10. The normalized spacial score (nSPS) is 13.7. The van der Waals surface area contributed by atoms with Crippen LogP contribution in [0.15, 0.2) is 30.3 Å². The van der Waals surface area contributed by atoms with Gasteiger partial charge in [0, 0.05) is 0 Å². The third-order valence-corrected chi connectivity index (χ3v) is 53.9. The zero-order valence-electron chi connectivity index (χ0n) is 63.8. The van der Waals surface area contributed by atoms with Gasteiger partial charge in [0.25, 0.3) is 0 Å². The summed E-state index contributed by atoms with van der Waals surface area (Å²) in [5, 5.41) is 1.81. The van der Waals surface area contributed by atoms with Gasteiger partial charge < -0.3 is 0 Å². The van der Waals surface area contributed by atoms with Gasteiger partial charge in [0.2, 0.25) is 0 Å². The van der Waals surface area contributed by atoms with Crippen LogP contribution in [0.25, 0.3) is 0 Å². The van der Waals surface area contributed by atoms with Gasteiger partial charge in [-0.1, -0.05) is 437 Å². The summed E-state index contributed by atoms with van der Waals surface area (Å²) in [5.41, 5.74) is 0. The van der Waals surface area contributed by atoms with Crippen molar-refractivity contribution in [1.29, 1.82) is 0 Å². The molecule has 0 bridgehead atoms. The molecule has 0 nitrogen and oxygen atoms in total. The van der Waals surface area contributed by atoms with Crippen molar-refractivity contribution in [2.24, 2.45) is 0 Å². The van der Waals surface area contributed by atoms with Crippen molar-refractivity contribution in [3.63, 3.8) is 0 Å². The third kappa shape index (κ3) is 57.3. The minimum atomic E-state index is -1.72. The van der Waals surface area contributed by atoms with Crippen LogP contribution in [-0.2, 0) is 0 Å². The van der Waals surface area contributed by atoms with Gasteiger partial charge in [-0.15, -0.1) is 0 Å². The molecule has 16 heteroatoms. The van der Waals surface area contributed by atoms with Gasteiger partial charge >= 0.3 is 0 Å². The van der Waals surface area contributed by atoms with Gasteiger partial charge in [-0.3, -0.25) is 0 Å². The Labute approximate surface area is 610 Å². The SMILES string of the molecule is C[Si](C)(Cl)CCCCCC[Si](C)(CCCCCC[Si](C)(C)Cl)CCCCCC[Si](CCCCCC[Si](C)(CCCCCC[Si](C)(C)Cl)CCCCCC[Si](C)(C)Cl)(CCCCCC[Si](C)(CCCCCC[Si](C)(C)Cl)CCCCCC[Si](C)(C)Cl)c1ccccc1. The molecule has 0 spiro atoms. The van der Waals surface area contributed by atoms with Gasteiger partial charge in [-0.2, -0.15) is 66.5 Å². The lowest BCUT2D eigenvalue weighted by atomic mass is 10.2. The highest BCUT2D eigenvalue weighted by atomic mass is 35.6. The topological polar surface area (TPSA) is 0 Å². The Morgan fingerprint density at radius 3 is 0.451 bits per heavy atom. The number of rotatable bonds is 64. The molecule has 0 saturated carbocycles. The van der Waals surface area contributed by atoms with E-state index in [0.717, 1.165) is 0 Å². The van der Waals surface area contributed by atoms with Crippen LogP contribution in [-0.4, -0.2) is 76.6 Å². The number of hydrogen-bond donors (Lipinski definition) is 0. The highest BCUT2D eigenvalue weighted by Crippen LogP contribution is 2.37. The van der Waals surface area contributed by atoms with Crippen molar-refractivity contribution < 1.29 is 0 Å². The van der Waals surface area contributed by atoms with Crippen LogP contribution in [0.1, 0.15) is 231 Å². The fraction of sp³-hybridized carbons (Fsp3) is 0.920. The quantitative estimate of drug-likeness (QED) is 0.0346. The van der Waals surface area contributed by atoms with Crippen LogP contribution in [0.4, 0.5) is 0 Å². The van der Waals surface area contributed by atoms with E-state index in [0.29, 0.717) is 0 Å². The largest absolute Gasteiger partial charge is 0.168 e. The highest BCUT2D eigenvalue weighted by molar-refractivity contribution is 7.21. The molecule has 0 amide bonds. The monoisotopic (exact) mass is 1550 g/mol. The van der Waals surface area contributed by atoms with Crippen LogP contribution in [0.3, 0.4) is 0 Å². The average molecular weight is 1550 g/mol. The van der Waals surface area contributed by atoms with Crippen molar-refractivity contribution in [3.05, 3.63) is 30.3 Å². The third-order valence-electron chi connectivity index (χ3n) is 21.8. The Hall–Kier alpha value is 3.13. The summed E-state index contributed by atoms with van der Waals surface area (Å²) in [6, 6.07) is 38.7. The predicted molar refractivity (Wildman–Crippen MR) is 459 cm³/mol. The molecule has 0 N–H and O–H groups in total. The zero-order valence-corrected chi connectivity index (χ0v) is 78.4. The maximum atomic E-state index is 6.74. The molecule has 1 rings (SSSR count). The van der Waals surface area contributed by atoms with Gasteiger partial charge in [0.05, 0.1) is 32.3 Å². The molecule has 91 heavy (non-hydrogen) atoms. The molecule has 1 aromatic rings. The molecule has 0 saturated heterocycles. The highest BCUT2D eigenvalue weighted by Gasteiger charge is 2.35. The first-order valence-corrected chi connectivity index (χ1v) is 77.0. The lowest BCUT2D eigenvalue weighted by Gasteiger charge is -2.34. The molecule has 540 valence electrons. The summed E-state index contributed by atoms with van der Waals surface area (Å²) >= 11 is 40.5. The molecule has 0 atom stereocenters. The molecule has 0 fully saturated rings. The van der Waals surface area contributed by atoms with E-state index in [1.807, 2.05) is 5.19 Å². The van der Waals surface area contributed by atoms with Crippen LogP contribution in [0.5, 0.6) is 0 Å². The molecule has 0 unspecified atom stereocenters. The Morgan fingerprint density at radius 2 is 0.308 bits per heavy atom. The number of hydrogen-bond acceptors (Lipinski definition) is 0. The maximum Gasteiger partial charge on any atom is 0.150 e. The number of unbranched alkanes of at least 4 members (excludes halogenated alkanes) is 27. The lowest BCUT2D eigenvalue weighted by molar-refractivity contribution is 0.651. The molecule has 0 aliphatic heterocycles. The summed E-state index contributed by atoms with van der Waals surface area (Å²) < 4.78 is 0. The first kappa shape index (κ1) is 92.1. The van der Waals surface area contributed by atoms with Crippen molar-refractivity contribution in [2.45, 2.75) is 438 Å². The van der Waals surface area contributed by atoms with Crippen molar-refractivity contribution in [3.8, 4) is 0 Å². The fourth-order valence-electron chi connectivity index (χ4n) is 15.5. The molecule has 0 aromatic heterocycles. The van der Waals surface area contributed by atoms with Gasteiger partial charge in [0.1, 0.15) is 44.3 Å². The number of halogens is 6. The van der Waals surface area contributed by atoms with Crippen LogP contribution in [0.2, 0.25) is 207 Å². The van der Waals surface area contributed by atoms with E-state index < -0.39 is 76.6 Å². The Kier molecular flexibility index (Phi) is 51.1. The average Bonchev–Trinajstić information content (AvgIpc) is 0.923. The number of benzene rings is 1. The first-order chi connectivity index (χ1) is 42.5. The predicted octanol–water partition coefficient (Wildman–Crippen LogP) is 32.3. The molecular weight excluding hydrogens is 1390 g/mol. The summed E-state index contributed by atoms with van der Waals surface area (Å²) in [5.74, 6) is 0. The second kappa shape index (κ2) is 50.5. The Balaban J connectivity index is 3.27. The van der Waals surface area contributed by atoms with Gasteiger partial charge in [-0.05, 0) is 36.3 Å². The molecule has 0 heterocycles. The van der Waals surface area contributed by atoms with E-state index in [2.05, 4.69) is 129 Å². The molecule has 0 aliphatic rings. The second-order valence-electron chi connectivity index (χ2n) is 35.6. The van der Waals surface area contributed by atoms with Gasteiger partial charge in [-0.25, -0.2) is 0 Å². The van der Waals surface area contributed by atoms with Crippen molar-refractivity contribution >= 4 is 148 Å². The molecule has 0 aliphatic carbocycles. The van der Waals surface area contributed by atoms with Crippen molar-refractivity contribution in [2.75, 3.05) is 0 Å².